The molecule has 0 saturated heterocycles. The van der Waals surface area contributed by atoms with Gasteiger partial charge in [0.2, 0.25) is 0 Å². The van der Waals surface area contributed by atoms with Crippen molar-refractivity contribution in [2.75, 3.05) is 26.2 Å². The van der Waals surface area contributed by atoms with E-state index in [4.69, 9.17) is 0 Å². The quantitative estimate of drug-likeness (QED) is 0.660. The number of likely N-dealkylation sites (N-methyl/N-ethyl adjacent to an activating group) is 1. The zero-order valence-corrected chi connectivity index (χ0v) is 11.3. The van der Waals surface area contributed by atoms with Gasteiger partial charge in [0, 0.05) is 19.1 Å². The first-order valence-corrected chi connectivity index (χ1v) is 6.59. The topological polar surface area (TPSA) is 35.5 Å². The summed E-state index contributed by atoms with van der Waals surface area (Å²) in [6.07, 6.45) is 2.71. The highest BCUT2D eigenvalue weighted by molar-refractivity contribution is 4.82. The summed E-state index contributed by atoms with van der Waals surface area (Å²) in [5, 5.41) is 13.4. The van der Waals surface area contributed by atoms with Crippen LogP contribution in [0.2, 0.25) is 0 Å². The molecule has 0 aliphatic heterocycles. The number of hydrogen-bond donors (Lipinski definition) is 2. The Morgan fingerprint density at radius 3 is 2.50 bits per heavy atom. The fourth-order valence-electron chi connectivity index (χ4n) is 2.01. The molecule has 0 radical (unpaired) electrons. The van der Waals surface area contributed by atoms with E-state index in [0.717, 1.165) is 32.2 Å². The van der Waals surface area contributed by atoms with Crippen LogP contribution in [0.3, 0.4) is 0 Å². The van der Waals surface area contributed by atoms with E-state index in [-0.39, 0.29) is 0 Å². The zero-order chi connectivity index (χ0) is 12.2. The molecule has 1 fully saturated rings. The molecule has 0 aromatic rings. The second kappa shape index (κ2) is 5.99. The molecule has 1 rings (SSSR count). The minimum absolute atomic E-state index is 0.584. The summed E-state index contributed by atoms with van der Waals surface area (Å²) >= 11 is 0. The van der Waals surface area contributed by atoms with Gasteiger partial charge >= 0.3 is 0 Å². The van der Waals surface area contributed by atoms with E-state index in [1.54, 1.807) is 0 Å². The molecule has 16 heavy (non-hydrogen) atoms. The van der Waals surface area contributed by atoms with Crippen LogP contribution in [0.25, 0.3) is 0 Å². The van der Waals surface area contributed by atoms with Crippen molar-refractivity contribution in [2.24, 2.45) is 5.92 Å². The molecule has 0 amide bonds. The van der Waals surface area contributed by atoms with E-state index in [1.165, 1.54) is 12.8 Å². The predicted molar refractivity (Wildman–Crippen MR) is 68.6 cm³/mol. The highest BCUT2D eigenvalue weighted by atomic mass is 16.3. The van der Waals surface area contributed by atoms with Crippen molar-refractivity contribution in [3.63, 3.8) is 0 Å². The Labute approximate surface area is 100 Å². The van der Waals surface area contributed by atoms with Crippen molar-refractivity contribution in [2.45, 2.75) is 52.2 Å². The number of nitrogens with zero attached hydrogens (tertiary/aromatic N) is 1. The largest absolute Gasteiger partial charge is 0.389 e. The van der Waals surface area contributed by atoms with Crippen LogP contribution in [0.15, 0.2) is 0 Å². The van der Waals surface area contributed by atoms with Crippen LogP contribution < -0.4 is 5.32 Å². The summed E-state index contributed by atoms with van der Waals surface area (Å²) in [5.41, 5.74) is -0.584. The number of hydrogen-bond acceptors (Lipinski definition) is 3. The summed E-state index contributed by atoms with van der Waals surface area (Å²) in [5.74, 6) is 0.655. The second-order valence-corrected chi connectivity index (χ2v) is 5.93. The molecule has 0 heterocycles. The van der Waals surface area contributed by atoms with E-state index in [2.05, 4.69) is 24.1 Å². The fourth-order valence-corrected chi connectivity index (χ4v) is 2.01. The van der Waals surface area contributed by atoms with Crippen molar-refractivity contribution in [1.82, 2.24) is 10.2 Å². The zero-order valence-electron chi connectivity index (χ0n) is 11.3. The third kappa shape index (κ3) is 6.46. The van der Waals surface area contributed by atoms with Gasteiger partial charge in [-0.3, -0.25) is 0 Å². The Balaban J connectivity index is 2.19. The molecule has 96 valence electrons. The molecule has 3 heteroatoms. The molecular weight excluding hydrogens is 200 g/mol. The minimum Gasteiger partial charge on any atom is -0.389 e. The molecule has 0 bridgehead atoms. The van der Waals surface area contributed by atoms with E-state index in [0.29, 0.717) is 5.92 Å². The van der Waals surface area contributed by atoms with Crippen molar-refractivity contribution in [3.8, 4) is 0 Å². The lowest BCUT2D eigenvalue weighted by atomic mass is 10.1. The number of aliphatic hydroxyl groups is 1. The first-order valence-electron chi connectivity index (χ1n) is 6.59. The van der Waals surface area contributed by atoms with Gasteiger partial charge in [0.1, 0.15) is 0 Å². The Bertz CT molecular complexity index is 197. The lowest BCUT2D eigenvalue weighted by molar-refractivity contribution is 0.0336. The van der Waals surface area contributed by atoms with Gasteiger partial charge in [-0.1, -0.05) is 13.8 Å². The van der Waals surface area contributed by atoms with Gasteiger partial charge < -0.3 is 15.3 Å². The van der Waals surface area contributed by atoms with Gasteiger partial charge in [0.15, 0.2) is 0 Å². The highest BCUT2D eigenvalue weighted by Gasteiger charge is 2.22. The summed E-state index contributed by atoms with van der Waals surface area (Å²) in [6.45, 7) is 12.1. The van der Waals surface area contributed by atoms with Crippen LogP contribution in [0.4, 0.5) is 0 Å². The molecule has 0 aromatic heterocycles. The van der Waals surface area contributed by atoms with Crippen molar-refractivity contribution in [3.05, 3.63) is 0 Å². The van der Waals surface area contributed by atoms with E-state index in [9.17, 15) is 5.11 Å². The van der Waals surface area contributed by atoms with Crippen LogP contribution in [0, 0.1) is 5.92 Å². The monoisotopic (exact) mass is 228 g/mol. The molecule has 1 unspecified atom stereocenters. The third-order valence-corrected chi connectivity index (χ3v) is 2.96. The average molecular weight is 228 g/mol. The molecule has 2 N–H and O–H groups in total. The van der Waals surface area contributed by atoms with Crippen LogP contribution in [-0.2, 0) is 0 Å². The van der Waals surface area contributed by atoms with E-state index in [1.807, 2.05) is 13.8 Å². The molecule has 3 nitrogen and oxygen atoms in total. The maximum absolute atomic E-state index is 9.80. The fraction of sp³-hybridized carbons (Fsp3) is 1.00. The SMILES string of the molecule is CCN(CC(C)CNC1CC1)CC(C)(C)O. The number of nitrogens with one attached hydrogen (secondary N) is 1. The first-order chi connectivity index (χ1) is 7.40. The van der Waals surface area contributed by atoms with Gasteiger partial charge in [-0.2, -0.15) is 0 Å². The van der Waals surface area contributed by atoms with Crippen LogP contribution >= 0.6 is 0 Å². The van der Waals surface area contributed by atoms with Crippen LogP contribution in [0.5, 0.6) is 0 Å². The summed E-state index contributed by atoms with van der Waals surface area (Å²) in [7, 11) is 0. The maximum Gasteiger partial charge on any atom is 0.0718 e. The highest BCUT2D eigenvalue weighted by Crippen LogP contribution is 2.18. The molecule has 1 aliphatic carbocycles. The van der Waals surface area contributed by atoms with Crippen molar-refractivity contribution in [1.29, 1.82) is 0 Å². The second-order valence-electron chi connectivity index (χ2n) is 5.93. The van der Waals surface area contributed by atoms with Gasteiger partial charge in [-0.05, 0) is 45.7 Å². The molecular formula is C13H28N2O. The Morgan fingerprint density at radius 2 is 2.06 bits per heavy atom. The van der Waals surface area contributed by atoms with E-state index >= 15 is 0 Å². The molecule has 1 atom stereocenters. The average Bonchev–Trinajstić information content (AvgIpc) is 2.95. The van der Waals surface area contributed by atoms with Gasteiger partial charge in [0.25, 0.3) is 0 Å². The third-order valence-electron chi connectivity index (χ3n) is 2.96. The standard InChI is InChI=1S/C13H28N2O/c1-5-15(10-13(3,4)16)9-11(2)8-14-12-6-7-12/h11-12,14,16H,5-10H2,1-4H3. The minimum atomic E-state index is -0.584. The molecule has 1 saturated carbocycles. The molecule has 1 aliphatic rings. The van der Waals surface area contributed by atoms with E-state index < -0.39 is 5.60 Å². The van der Waals surface area contributed by atoms with Gasteiger partial charge in [0.05, 0.1) is 5.60 Å². The van der Waals surface area contributed by atoms with Crippen LogP contribution in [-0.4, -0.2) is 47.8 Å². The Morgan fingerprint density at radius 1 is 1.44 bits per heavy atom. The van der Waals surface area contributed by atoms with Gasteiger partial charge in [-0.25, -0.2) is 0 Å². The summed E-state index contributed by atoms with van der Waals surface area (Å²) in [6, 6.07) is 0.798. The predicted octanol–water partition coefficient (Wildman–Crippen LogP) is 1.47. The van der Waals surface area contributed by atoms with Crippen molar-refractivity contribution >= 4 is 0 Å². The van der Waals surface area contributed by atoms with Crippen molar-refractivity contribution < 1.29 is 5.11 Å². The number of rotatable bonds is 8. The molecule has 0 spiro atoms. The Kier molecular flexibility index (Phi) is 5.22. The lowest BCUT2D eigenvalue weighted by Crippen LogP contribution is -2.42. The maximum atomic E-state index is 9.80. The smallest absolute Gasteiger partial charge is 0.0718 e. The lowest BCUT2D eigenvalue weighted by Gasteiger charge is -2.30. The summed E-state index contributed by atoms with van der Waals surface area (Å²) < 4.78 is 0. The van der Waals surface area contributed by atoms with Gasteiger partial charge in [-0.15, -0.1) is 0 Å². The molecule has 0 aromatic carbocycles. The normalized spacial score (nSPS) is 19.1. The first kappa shape index (κ1) is 13.9. The Hall–Kier alpha value is -0.120. The summed E-state index contributed by atoms with van der Waals surface area (Å²) in [4.78, 5) is 2.33. The van der Waals surface area contributed by atoms with Crippen LogP contribution in [0.1, 0.15) is 40.5 Å².